The van der Waals surface area contributed by atoms with E-state index in [1.54, 1.807) is 17.8 Å². The van der Waals surface area contributed by atoms with Crippen LogP contribution in [0.1, 0.15) is 32.1 Å². The fourth-order valence-electron chi connectivity index (χ4n) is 6.83. The first-order chi connectivity index (χ1) is 19.0. The lowest BCUT2D eigenvalue weighted by Gasteiger charge is -2.40. The quantitative estimate of drug-likeness (QED) is 0.217. The van der Waals surface area contributed by atoms with Crippen molar-refractivity contribution in [2.45, 2.75) is 84.5 Å². The third-order valence-corrected chi connectivity index (χ3v) is 11.8. The summed E-state index contributed by atoms with van der Waals surface area (Å²) in [6.07, 6.45) is 6.01. The number of nitrogens with two attached hydrogens (primary N) is 1. The second kappa shape index (κ2) is 12.4. The lowest BCUT2D eigenvalue weighted by atomic mass is 9.89. The summed E-state index contributed by atoms with van der Waals surface area (Å²) in [5, 5.41) is 24.9. The molecule has 1 aliphatic carbocycles. The van der Waals surface area contributed by atoms with Gasteiger partial charge in [-0.2, -0.15) is 0 Å². The van der Waals surface area contributed by atoms with Crippen molar-refractivity contribution in [3.05, 3.63) is 12.0 Å². The number of aliphatic hydroxyl groups excluding tert-OH is 1. The lowest BCUT2D eigenvalue weighted by Crippen LogP contribution is -2.66. The Bertz CT molecular complexity index is 939. The number of nitrogens with zero attached hydrogens (tertiary/aromatic N) is 1. The molecule has 11 nitrogen and oxygen atoms in total. The number of fused-ring (bicyclic) bond motifs is 1. The first-order valence-electron chi connectivity index (χ1n) is 14.4. The Kier molecular flexibility index (Phi) is 8.95. The molecule has 13 heteroatoms. The van der Waals surface area contributed by atoms with Gasteiger partial charge in [-0.1, -0.05) is 12.8 Å². The Hall–Kier alpha value is -1.06. The minimum atomic E-state index is -0.439. The second-order valence-electron chi connectivity index (χ2n) is 11.6. The van der Waals surface area contributed by atoms with Crippen molar-refractivity contribution in [3.8, 4) is 0 Å². The van der Waals surface area contributed by atoms with Crippen LogP contribution in [0.25, 0.3) is 0 Å². The zero-order valence-corrected chi connectivity index (χ0v) is 23.9. The van der Waals surface area contributed by atoms with Crippen LogP contribution in [0.5, 0.6) is 0 Å². The molecule has 6 rings (SSSR count). The van der Waals surface area contributed by atoms with E-state index in [0.717, 1.165) is 57.5 Å². The summed E-state index contributed by atoms with van der Waals surface area (Å²) in [5.41, 5.74) is 5.78. The summed E-state index contributed by atoms with van der Waals surface area (Å²) in [7, 11) is 0. The summed E-state index contributed by atoms with van der Waals surface area (Å²) in [6, 6.07) is -0.289. The van der Waals surface area contributed by atoms with E-state index in [-0.39, 0.29) is 63.9 Å². The maximum absolute atomic E-state index is 13.0. The monoisotopic (exact) mass is 582 g/mol. The van der Waals surface area contributed by atoms with Gasteiger partial charge in [0.15, 0.2) is 11.7 Å². The number of amides is 1. The number of hydrogen-bond acceptors (Lipinski definition) is 12. The molecule has 39 heavy (non-hydrogen) atoms. The number of ether oxygens (including phenoxy) is 2. The molecule has 7 N–H and O–H groups in total. The van der Waals surface area contributed by atoms with Crippen LogP contribution < -0.4 is 27.0 Å². The van der Waals surface area contributed by atoms with E-state index < -0.39 is 6.04 Å². The fourth-order valence-corrected chi connectivity index (χ4v) is 9.89. The molecule has 0 aromatic heterocycles. The van der Waals surface area contributed by atoms with Gasteiger partial charge in [0.05, 0.1) is 30.1 Å². The predicted molar refractivity (Wildman–Crippen MR) is 151 cm³/mol. The van der Waals surface area contributed by atoms with E-state index in [1.165, 1.54) is 0 Å². The summed E-state index contributed by atoms with van der Waals surface area (Å²) < 4.78 is 12.0. The maximum atomic E-state index is 13.0. The Morgan fingerprint density at radius 3 is 2.74 bits per heavy atom. The molecule has 5 fully saturated rings. The highest BCUT2D eigenvalue weighted by atomic mass is 32.2. The van der Waals surface area contributed by atoms with Crippen LogP contribution in [0, 0.1) is 5.92 Å². The summed E-state index contributed by atoms with van der Waals surface area (Å²) in [4.78, 5) is 27.4. The highest BCUT2D eigenvalue weighted by Crippen LogP contribution is 2.44. The molecule has 0 spiro atoms. The van der Waals surface area contributed by atoms with E-state index in [9.17, 15) is 14.7 Å². The van der Waals surface area contributed by atoms with Crippen LogP contribution in [0.4, 0.5) is 0 Å². The van der Waals surface area contributed by atoms with Gasteiger partial charge < -0.3 is 41.2 Å². The lowest BCUT2D eigenvalue weighted by molar-refractivity contribution is -0.121. The van der Waals surface area contributed by atoms with E-state index in [0.29, 0.717) is 25.6 Å². The SMILES string of the molecule is NC(=O)C1NCC(N[C@@H]2CCCC[C@@H]2O)CC1NC1CNC(C2CSC3C(=O)C=C(N4CCOCC4)OC32)S1. The number of hydrogen-bond donors (Lipinski definition) is 6. The van der Waals surface area contributed by atoms with Gasteiger partial charge in [-0.15, -0.1) is 23.5 Å². The van der Waals surface area contributed by atoms with Crippen molar-refractivity contribution in [2.24, 2.45) is 11.7 Å². The standard InChI is InChI=1S/C26H42N6O5S2/c27-25(35)22-17(9-14(11-28-22)30-16-3-1-2-4-18(16)33)31-20-12-29-26(39-20)15-13-38-24-19(34)10-21(37-23(15)24)32-5-7-36-8-6-32/h10,14-18,20,22-24,26,28-31,33H,1-9,11-13H2,(H2,27,35)/t14?,15?,16-,17?,18+,20?,22?,23?,24?,26?/m1/s1. The smallest absolute Gasteiger partial charge is 0.236 e. The van der Waals surface area contributed by atoms with Crippen LogP contribution in [-0.4, -0.2) is 119 Å². The van der Waals surface area contributed by atoms with Crippen molar-refractivity contribution in [1.29, 1.82) is 0 Å². The molecule has 6 aliphatic rings. The van der Waals surface area contributed by atoms with E-state index >= 15 is 0 Å². The van der Waals surface area contributed by atoms with Crippen LogP contribution in [0.15, 0.2) is 12.0 Å². The molecule has 0 radical (unpaired) electrons. The topological polar surface area (TPSA) is 150 Å². The molecule has 218 valence electrons. The number of primary amides is 1. The van der Waals surface area contributed by atoms with Gasteiger partial charge in [0.2, 0.25) is 5.91 Å². The Balaban J connectivity index is 1.06. The molecular formula is C26H42N6O5S2. The normalized spacial score (nSPS) is 43.1. The summed E-state index contributed by atoms with van der Waals surface area (Å²) in [5.74, 6) is 1.56. The van der Waals surface area contributed by atoms with Gasteiger partial charge in [0.1, 0.15) is 17.4 Å². The zero-order valence-electron chi connectivity index (χ0n) is 22.3. The highest BCUT2D eigenvalue weighted by molar-refractivity contribution is 8.01. The van der Waals surface area contributed by atoms with Crippen molar-refractivity contribution in [2.75, 3.05) is 45.1 Å². The molecule has 5 aliphatic heterocycles. The van der Waals surface area contributed by atoms with Crippen molar-refractivity contribution in [1.82, 2.24) is 26.2 Å². The number of aliphatic hydroxyl groups is 1. The van der Waals surface area contributed by atoms with Gasteiger partial charge in [-0.3, -0.25) is 14.9 Å². The van der Waals surface area contributed by atoms with Gasteiger partial charge in [-0.05, 0) is 19.3 Å². The molecular weight excluding hydrogens is 540 g/mol. The molecule has 5 heterocycles. The average molecular weight is 583 g/mol. The molecule has 10 atom stereocenters. The molecule has 8 unspecified atom stereocenters. The highest BCUT2D eigenvalue weighted by Gasteiger charge is 2.50. The zero-order chi connectivity index (χ0) is 26.9. The second-order valence-corrected chi connectivity index (χ2v) is 14.1. The first-order valence-corrected chi connectivity index (χ1v) is 16.4. The first kappa shape index (κ1) is 28.1. The maximum Gasteiger partial charge on any atom is 0.236 e. The predicted octanol–water partition coefficient (Wildman–Crippen LogP) is -1.08. The number of allylic oxidation sites excluding steroid dienone is 1. The van der Waals surface area contributed by atoms with Gasteiger partial charge >= 0.3 is 0 Å². The summed E-state index contributed by atoms with van der Waals surface area (Å²) >= 11 is 3.53. The van der Waals surface area contributed by atoms with E-state index in [1.807, 2.05) is 11.8 Å². The number of ketones is 1. The van der Waals surface area contributed by atoms with Gasteiger partial charge in [0, 0.05) is 62.1 Å². The average Bonchev–Trinajstić information content (AvgIpc) is 3.58. The van der Waals surface area contributed by atoms with Crippen LogP contribution in [-0.2, 0) is 19.1 Å². The van der Waals surface area contributed by atoms with Crippen LogP contribution in [0.3, 0.4) is 0 Å². The van der Waals surface area contributed by atoms with Crippen molar-refractivity contribution in [3.63, 3.8) is 0 Å². The van der Waals surface area contributed by atoms with Crippen molar-refractivity contribution < 1.29 is 24.2 Å². The van der Waals surface area contributed by atoms with Crippen molar-refractivity contribution >= 4 is 35.2 Å². The fraction of sp³-hybridized carbons (Fsp3) is 0.846. The Morgan fingerprint density at radius 2 is 1.95 bits per heavy atom. The number of nitrogens with one attached hydrogen (secondary N) is 4. The molecule has 0 bridgehead atoms. The minimum Gasteiger partial charge on any atom is -0.474 e. The van der Waals surface area contributed by atoms with Gasteiger partial charge in [-0.25, -0.2) is 0 Å². The Labute approximate surface area is 238 Å². The third kappa shape index (κ3) is 6.25. The van der Waals surface area contributed by atoms with Crippen LogP contribution >= 0.6 is 23.5 Å². The third-order valence-electron chi connectivity index (χ3n) is 8.93. The van der Waals surface area contributed by atoms with Crippen LogP contribution in [0.2, 0.25) is 0 Å². The van der Waals surface area contributed by atoms with E-state index in [4.69, 9.17) is 15.2 Å². The Morgan fingerprint density at radius 1 is 1.13 bits per heavy atom. The molecule has 4 saturated heterocycles. The molecule has 1 saturated carbocycles. The number of morpholine rings is 1. The molecule has 1 amide bonds. The number of carbonyl (C=O) groups excluding carboxylic acids is 2. The van der Waals surface area contributed by atoms with E-state index in [2.05, 4.69) is 26.2 Å². The number of thioether (sulfide) groups is 2. The number of piperidine rings is 1. The van der Waals surface area contributed by atoms with Gasteiger partial charge in [0.25, 0.3) is 0 Å². The number of carbonyl (C=O) groups is 2. The summed E-state index contributed by atoms with van der Waals surface area (Å²) in [6.45, 7) is 4.18. The largest absolute Gasteiger partial charge is 0.474 e. The minimum absolute atomic E-state index is 0.102. The molecule has 0 aromatic carbocycles. The number of rotatable bonds is 7. The molecule has 0 aromatic rings.